The number of hydrogen-bond donors (Lipinski definition) is 0. The summed E-state index contributed by atoms with van der Waals surface area (Å²) in [6.45, 7) is 11.7. The van der Waals surface area contributed by atoms with Crippen LogP contribution >= 0.6 is 0 Å². The fourth-order valence-electron chi connectivity index (χ4n) is 2.61. The molecule has 1 aromatic heterocycles. The third-order valence-corrected chi connectivity index (χ3v) is 3.47. The van der Waals surface area contributed by atoms with Crippen molar-refractivity contribution in [2.75, 3.05) is 0 Å². The van der Waals surface area contributed by atoms with Gasteiger partial charge in [-0.15, -0.1) is 0 Å². The van der Waals surface area contributed by atoms with E-state index in [-0.39, 0.29) is 0 Å². The van der Waals surface area contributed by atoms with Crippen LogP contribution in [0.5, 0.6) is 0 Å². The number of aromatic nitrogens is 1. The zero-order chi connectivity index (χ0) is 15.2. The topological polar surface area (TPSA) is 4.93 Å². The molecule has 0 aliphatic rings. The van der Waals surface area contributed by atoms with Gasteiger partial charge in [-0.05, 0) is 32.1 Å². The van der Waals surface area contributed by atoms with E-state index in [1.54, 1.807) is 6.08 Å². The molecule has 0 amide bonds. The van der Waals surface area contributed by atoms with Gasteiger partial charge in [-0.25, -0.2) is 0 Å². The second-order valence-electron chi connectivity index (χ2n) is 4.65. The first-order chi connectivity index (χ1) is 10.3. The van der Waals surface area contributed by atoms with E-state index < -0.39 is 0 Å². The Kier molecular flexibility index (Phi) is 4.78. The Morgan fingerprint density at radius 3 is 2.48 bits per heavy atom. The lowest BCUT2D eigenvalue weighted by atomic mass is 10.2. The molecule has 0 bridgehead atoms. The Bertz CT molecular complexity index is 842. The molecule has 1 heteroatoms. The predicted molar refractivity (Wildman–Crippen MR) is 95.3 cm³/mol. The highest BCUT2D eigenvalue weighted by molar-refractivity contribution is 5.86. The van der Waals surface area contributed by atoms with Crippen molar-refractivity contribution in [3.05, 3.63) is 78.4 Å². The Morgan fingerprint density at radius 1 is 1.10 bits per heavy atom. The first-order valence-electron chi connectivity index (χ1n) is 7.12. The Hall–Kier alpha value is -2.54. The summed E-state index contributed by atoms with van der Waals surface area (Å²) >= 11 is 0. The smallest absolute Gasteiger partial charge is 0.0540 e. The summed E-state index contributed by atoms with van der Waals surface area (Å²) in [5.41, 5.74) is 2.31. The van der Waals surface area contributed by atoms with Crippen LogP contribution in [-0.2, 0) is 0 Å². The summed E-state index contributed by atoms with van der Waals surface area (Å²) in [5.74, 6) is 0. The molecule has 0 atom stereocenters. The number of para-hydroxylation sites is 1. The van der Waals surface area contributed by atoms with Crippen LogP contribution in [0.2, 0.25) is 0 Å². The van der Waals surface area contributed by atoms with E-state index in [4.69, 9.17) is 0 Å². The van der Waals surface area contributed by atoms with Crippen LogP contribution in [0.4, 0.5) is 0 Å². The minimum Gasteiger partial charge on any atom is -0.310 e. The van der Waals surface area contributed by atoms with Crippen molar-refractivity contribution in [2.24, 2.45) is 0 Å². The fraction of sp³-hybridized carbons (Fsp3) is 0.100. The van der Waals surface area contributed by atoms with E-state index >= 15 is 0 Å². The van der Waals surface area contributed by atoms with Gasteiger partial charge in [0.25, 0.3) is 0 Å². The summed E-state index contributed by atoms with van der Waals surface area (Å²) in [5, 5.41) is 3.63. The molecule has 0 fully saturated rings. The van der Waals surface area contributed by atoms with E-state index in [0.29, 0.717) is 0 Å². The van der Waals surface area contributed by atoms with Crippen molar-refractivity contribution in [3.63, 3.8) is 0 Å². The van der Waals surface area contributed by atoms with Gasteiger partial charge in [0.05, 0.1) is 10.9 Å². The van der Waals surface area contributed by atoms with Crippen molar-refractivity contribution >= 4 is 28.8 Å². The molecule has 1 heterocycles. The molecule has 1 aromatic carbocycles. The average Bonchev–Trinajstić information content (AvgIpc) is 2.82. The molecule has 0 aliphatic heterocycles. The highest BCUT2D eigenvalue weighted by atomic mass is 15.0. The Labute approximate surface area is 126 Å². The van der Waals surface area contributed by atoms with E-state index in [9.17, 15) is 0 Å². The maximum absolute atomic E-state index is 3.85. The molecule has 0 unspecified atom stereocenters. The second-order valence-corrected chi connectivity index (χ2v) is 4.65. The predicted octanol–water partition coefficient (Wildman–Crippen LogP) is 4.01. The molecule has 0 radical (unpaired) electrons. The van der Waals surface area contributed by atoms with Crippen molar-refractivity contribution in [3.8, 4) is 0 Å². The zero-order valence-corrected chi connectivity index (χ0v) is 12.7. The van der Waals surface area contributed by atoms with Crippen molar-refractivity contribution in [1.82, 2.24) is 4.57 Å². The Morgan fingerprint density at radius 2 is 1.86 bits per heavy atom. The molecule has 0 N–H and O–H groups in total. The molecule has 0 spiro atoms. The van der Waals surface area contributed by atoms with E-state index in [0.717, 1.165) is 11.0 Å². The first-order valence-corrected chi connectivity index (χ1v) is 7.12. The SMILES string of the molecule is C=C/C=C\C(=C/C)n1c(=C/C=C)/c(=C\C)c2ccccc21. The fourth-order valence-corrected chi connectivity index (χ4v) is 2.61. The van der Waals surface area contributed by atoms with Crippen LogP contribution in [0.1, 0.15) is 13.8 Å². The molecule has 2 rings (SSSR count). The van der Waals surface area contributed by atoms with E-state index in [1.807, 2.05) is 19.1 Å². The van der Waals surface area contributed by atoms with Crippen LogP contribution < -0.4 is 10.6 Å². The minimum absolute atomic E-state index is 1.12. The first kappa shape index (κ1) is 14.9. The molecule has 0 saturated heterocycles. The quantitative estimate of drug-likeness (QED) is 0.743. The monoisotopic (exact) mass is 275 g/mol. The maximum Gasteiger partial charge on any atom is 0.0540 e. The highest BCUT2D eigenvalue weighted by Crippen LogP contribution is 2.14. The number of benzene rings is 1. The molecule has 106 valence electrons. The summed E-state index contributed by atoms with van der Waals surface area (Å²) < 4.78 is 2.26. The highest BCUT2D eigenvalue weighted by Gasteiger charge is 2.07. The van der Waals surface area contributed by atoms with E-state index in [2.05, 4.69) is 73.2 Å². The lowest BCUT2D eigenvalue weighted by Crippen LogP contribution is -2.28. The largest absolute Gasteiger partial charge is 0.310 e. The third-order valence-electron chi connectivity index (χ3n) is 3.47. The molecular formula is C20H21N. The summed E-state index contributed by atoms with van der Waals surface area (Å²) in [7, 11) is 0. The maximum atomic E-state index is 3.85. The number of hydrogen-bond acceptors (Lipinski definition) is 0. The van der Waals surface area contributed by atoms with Crippen LogP contribution in [0.25, 0.3) is 28.8 Å². The molecule has 1 nitrogen and oxygen atoms in total. The van der Waals surface area contributed by atoms with Gasteiger partial charge in [-0.3, -0.25) is 0 Å². The average molecular weight is 275 g/mol. The van der Waals surface area contributed by atoms with Crippen molar-refractivity contribution in [2.45, 2.75) is 13.8 Å². The van der Waals surface area contributed by atoms with Crippen LogP contribution in [0.3, 0.4) is 0 Å². The number of allylic oxidation sites excluding steroid dienone is 6. The molecule has 0 saturated carbocycles. The molecule has 21 heavy (non-hydrogen) atoms. The lowest BCUT2D eigenvalue weighted by molar-refractivity contribution is 1.11. The van der Waals surface area contributed by atoms with Crippen LogP contribution in [0, 0.1) is 0 Å². The van der Waals surface area contributed by atoms with Gasteiger partial charge in [0.2, 0.25) is 0 Å². The van der Waals surface area contributed by atoms with Gasteiger partial charge in [-0.2, -0.15) is 0 Å². The van der Waals surface area contributed by atoms with Crippen LogP contribution in [-0.4, -0.2) is 4.57 Å². The van der Waals surface area contributed by atoms with Gasteiger partial charge < -0.3 is 4.57 Å². The summed E-state index contributed by atoms with van der Waals surface area (Å²) in [4.78, 5) is 0. The van der Waals surface area contributed by atoms with Crippen molar-refractivity contribution < 1.29 is 0 Å². The normalized spacial score (nSPS) is 14.3. The number of nitrogens with zero attached hydrogens (tertiary/aromatic N) is 1. The third kappa shape index (κ3) is 2.68. The number of fused-ring (bicyclic) bond motifs is 1. The summed E-state index contributed by atoms with van der Waals surface area (Å²) in [6, 6.07) is 8.45. The van der Waals surface area contributed by atoms with Gasteiger partial charge >= 0.3 is 0 Å². The van der Waals surface area contributed by atoms with Gasteiger partial charge in [0.1, 0.15) is 0 Å². The standard InChI is InChI=1S/C20H21N/c1-5-9-13-16(7-3)21-19(12-6-2)17(8-4)18-14-10-11-15-20(18)21/h5-15H,1-2H2,3-4H3/b13-9-,16-7+,17-8-,19-12+. The van der Waals surface area contributed by atoms with Gasteiger partial charge in [-0.1, -0.05) is 61.7 Å². The van der Waals surface area contributed by atoms with Crippen LogP contribution in [0.15, 0.2) is 67.8 Å². The van der Waals surface area contributed by atoms with Gasteiger partial charge in [0.15, 0.2) is 0 Å². The van der Waals surface area contributed by atoms with E-state index in [1.165, 1.54) is 16.1 Å². The van der Waals surface area contributed by atoms with Gasteiger partial charge in [0, 0.05) is 16.3 Å². The minimum atomic E-state index is 1.12. The van der Waals surface area contributed by atoms with Crippen molar-refractivity contribution in [1.29, 1.82) is 0 Å². The molecule has 2 aromatic rings. The number of rotatable bonds is 4. The second kappa shape index (κ2) is 6.76. The lowest BCUT2D eigenvalue weighted by Gasteiger charge is -2.07. The molecular weight excluding hydrogens is 254 g/mol. The Balaban J connectivity index is 3.00. The summed E-state index contributed by atoms with van der Waals surface area (Å²) in [6.07, 6.45) is 14.0. The molecule has 0 aliphatic carbocycles. The zero-order valence-electron chi connectivity index (χ0n) is 12.7.